The molecule has 1 amide bonds. The number of carbonyl (C=O) groups excluding carboxylic acids is 1. The molecular weight excluding hydrogens is 222 g/mol. The second-order valence-electron chi connectivity index (χ2n) is 4.47. The molecule has 1 aliphatic heterocycles. The fraction of sp³-hybridized carbons (Fsp3) is 0.636. The van der Waals surface area contributed by atoms with Crippen LogP contribution in [0.1, 0.15) is 35.1 Å². The monoisotopic (exact) mass is 239 g/mol. The van der Waals surface area contributed by atoms with Crippen molar-refractivity contribution in [3.05, 3.63) is 10.6 Å². The molecule has 0 saturated carbocycles. The fourth-order valence-corrected chi connectivity index (χ4v) is 2.93. The van der Waals surface area contributed by atoms with Crippen molar-refractivity contribution in [2.45, 2.75) is 26.7 Å². The van der Waals surface area contributed by atoms with Crippen LogP contribution in [0.3, 0.4) is 0 Å². The molecule has 1 saturated heterocycles. The van der Waals surface area contributed by atoms with Crippen molar-refractivity contribution >= 4 is 22.4 Å². The van der Waals surface area contributed by atoms with Crippen LogP contribution in [0.2, 0.25) is 0 Å². The summed E-state index contributed by atoms with van der Waals surface area (Å²) in [4.78, 5) is 18.9. The Hall–Kier alpha value is -1.10. The second-order valence-corrected chi connectivity index (χ2v) is 5.50. The Balaban J connectivity index is 2.15. The van der Waals surface area contributed by atoms with Crippen molar-refractivity contribution in [2.75, 3.05) is 18.8 Å². The van der Waals surface area contributed by atoms with Crippen molar-refractivity contribution < 1.29 is 4.79 Å². The lowest BCUT2D eigenvalue weighted by Gasteiger charge is -2.30. The van der Waals surface area contributed by atoms with Crippen molar-refractivity contribution in [1.82, 2.24) is 9.88 Å². The Morgan fingerprint density at radius 3 is 2.94 bits per heavy atom. The van der Waals surface area contributed by atoms with E-state index in [4.69, 9.17) is 5.73 Å². The topological polar surface area (TPSA) is 59.2 Å². The van der Waals surface area contributed by atoms with Gasteiger partial charge in [0.2, 0.25) is 0 Å². The molecule has 16 heavy (non-hydrogen) atoms. The van der Waals surface area contributed by atoms with E-state index in [1.807, 2.05) is 11.8 Å². The number of nitrogen functional groups attached to an aromatic ring is 1. The molecule has 1 aromatic rings. The first-order chi connectivity index (χ1) is 7.58. The molecule has 2 rings (SSSR count). The smallest absolute Gasteiger partial charge is 0.265 e. The molecule has 0 aromatic carbocycles. The summed E-state index contributed by atoms with van der Waals surface area (Å²) >= 11 is 1.29. The number of nitrogens with zero attached hydrogens (tertiary/aromatic N) is 2. The Kier molecular flexibility index (Phi) is 3.14. The average molecular weight is 239 g/mol. The summed E-state index contributed by atoms with van der Waals surface area (Å²) in [5.74, 6) is 0.696. The molecule has 1 aliphatic rings. The summed E-state index contributed by atoms with van der Waals surface area (Å²) < 4.78 is 0. The lowest BCUT2D eigenvalue weighted by atomic mass is 10.0. The standard InChI is InChI=1S/C11H17N3OS/c1-7-4-3-5-14(6-7)10(15)9-8(2)13-11(12)16-9/h7H,3-6H2,1-2H3,(H2,12,13). The molecule has 0 bridgehead atoms. The van der Waals surface area contributed by atoms with Gasteiger partial charge in [-0.3, -0.25) is 4.79 Å². The Labute approximate surface area is 99.5 Å². The van der Waals surface area contributed by atoms with Gasteiger partial charge in [-0.05, 0) is 25.7 Å². The van der Waals surface area contributed by atoms with E-state index < -0.39 is 0 Å². The SMILES string of the molecule is Cc1nc(N)sc1C(=O)N1CCCC(C)C1. The number of rotatable bonds is 1. The molecule has 0 spiro atoms. The number of hydrogen-bond acceptors (Lipinski definition) is 4. The largest absolute Gasteiger partial charge is 0.375 e. The zero-order chi connectivity index (χ0) is 11.7. The highest BCUT2D eigenvalue weighted by Gasteiger charge is 2.24. The number of aromatic nitrogens is 1. The van der Waals surface area contributed by atoms with Gasteiger partial charge in [0, 0.05) is 13.1 Å². The maximum atomic E-state index is 12.2. The van der Waals surface area contributed by atoms with E-state index in [0.29, 0.717) is 15.9 Å². The van der Waals surface area contributed by atoms with Gasteiger partial charge in [-0.2, -0.15) is 0 Å². The van der Waals surface area contributed by atoms with E-state index in [2.05, 4.69) is 11.9 Å². The van der Waals surface area contributed by atoms with Gasteiger partial charge in [-0.15, -0.1) is 0 Å². The maximum Gasteiger partial charge on any atom is 0.265 e. The zero-order valence-electron chi connectivity index (χ0n) is 9.69. The lowest BCUT2D eigenvalue weighted by Crippen LogP contribution is -2.39. The first-order valence-corrected chi connectivity index (χ1v) is 6.41. The maximum absolute atomic E-state index is 12.2. The van der Waals surface area contributed by atoms with Crippen molar-refractivity contribution in [3.8, 4) is 0 Å². The number of piperidine rings is 1. The van der Waals surface area contributed by atoms with Gasteiger partial charge in [0.15, 0.2) is 5.13 Å². The number of thiazole rings is 1. The Morgan fingerprint density at radius 1 is 1.62 bits per heavy atom. The van der Waals surface area contributed by atoms with Crippen LogP contribution in [0.15, 0.2) is 0 Å². The molecule has 0 aliphatic carbocycles. The molecule has 4 nitrogen and oxygen atoms in total. The minimum Gasteiger partial charge on any atom is -0.375 e. The van der Waals surface area contributed by atoms with Crippen molar-refractivity contribution in [3.63, 3.8) is 0 Å². The van der Waals surface area contributed by atoms with E-state index in [0.717, 1.165) is 25.2 Å². The number of amides is 1. The second kappa shape index (κ2) is 4.41. The number of aryl methyl sites for hydroxylation is 1. The normalized spacial score (nSPS) is 21.1. The van der Waals surface area contributed by atoms with E-state index in [1.165, 1.54) is 17.8 Å². The predicted molar refractivity (Wildman–Crippen MR) is 65.6 cm³/mol. The molecule has 2 N–H and O–H groups in total. The van der Waals surface area contributed by atoms with Gasteiger partial charge >= 0.3 is 0 Å². The lowest BCUT2D eigenvalue weighted by molar-refractivity contribution is 0.0687. The Morgan fingerprint density at radius 2 is 2.38 bits per heavy atom. The van der Waals surface area contributed by atoms with Gasteiger partial charge in [0.05, 0.1) is 5.69 Å². The van der Waals surface area contributed by atoms with Crippen LogP contribution in [0.4, 0.5) is 5.13 Å². The summed E-state index contributed by atoms with van der Waals surface area (Å²) in [5, 5.41) is 0.478. The van der Waals surface area contributed by atoms with E-state index >= 15 is 0 Å². The predicted octanol–water partition coefficient (Wildman–Crippen LogP) is 1.91. The molecule has 1 aromatic heterocycles. The Bertz CT molecular complexity index is 402. The fourth-order valence-electron chi connectivity index (χ4n) is 2.13. The van der Waals surface area contributed by atoms with Crippen LogP contribution >= 0.6 is 11.3 Å². The highest BCUT2D eigenvalue weighted by molar-refractivity contribution is 7.17. The highest BCUT2D eigenvalue weighted by atomic mass is 32.1. The van der Waals surface area contributed by atoms with Crippen LogP contribution in [-0.2, 0) is 0 Å². The molecule has 0 radical (unpaired) electrons. The van der Waals surface area contributed by atoms with Gasteiger partial charge < -0.3 is 10.6 Å². The number of hydrogen-bond donors (Lipinski definition) is 1. The van der Waals surface area contributed by atoms with E-state index in [9.17, 15) is 4.79 Å². The van der Waals surface area contributed by atoms with Gasteiger partial charge in [-0.25, -0.2) is 4.98 Å². The van der Waals surface area contributed by atoms with Crippen LogP contribution in [-0.4, -0.2) is 28.9 Å². The molecule has 5 heteroatoms. The zero-order valence-corrected chi connectivity index (χ0v) is 10.5. The van der Waals surface area contributed by atoms with Crippen LogP contribution < -0.4 is 5.73 Å². The van der Waals surface area contributed by atoms with E-state index in [1.54, 1.807) is 0 Å². The number of anilines is 1. The summed E-state index contributed by atoms with van der Waals surface area (Å²) in [5.41, 5.74) is 6.37. The van der Waals surface area contributed by atoms with Gasteiger partial charge in [0.25, 0.3) is 5.91 Å². The molecule has 1 fully saturated rings. The van der Waals surface area contributed by atoms with Crippen LogP contribution in [0.5, 0.6) is 0 Å². The van der Waals surface area contributed by atoms with Crippen molar-refractivity contribution in [1.29, 1.82) is 0 Å². The first kappa shape index (κ1) is 11.4. The average Bonchev–Trinajstić information content (AvgIpc) is 2.57. The third-order valence-electron chi connectivity index (χ3n) is 2.95. The minimum atomic E-state index is 0.0956. The third-order valence-corrected chi connectivity index (χ3v) is 3.93. The molecule has 1 unspecified atom stereocenters. The molecule has 88 valence electrons. The number of likely N-dealkylation sites (tertiary alicyclic amines) is 1. The summed E-state index contributed by atoms with van der Waals surface area (Å²) in [6.45, 7) is 5.75. The van der Waals surface area contributed by atoms with E-state index in [-0.39, 0.29) is 5.91 Å². The quantitative estimate of drug-likeness (QED) is 0.814. The molecular formula is C11H17N3OS. The minimum absolute atomic E-state index is 0.0956. The highest BCUT2D eigenvalue weighted by Crippen LogP contribution is 2.24. The number of nitrogens with two attached hydrogens (primary N) is 1. The summed E-state index contributed by atoms with van der Waals surface area (Å²) in [6.07, 6.45) is 2.31. The first-order valence-electron chi connectivity index (χ1n) is 5.60. The van der Waals surface area contributed by atoms with Crippen LogP contribution in [0.25, 0.3) is 0 Å². The van der Waals surface area contributed by atoms with Gasteiger partial charge in [0.1, 0.15) is 4.88 Å². The van der Waals surface area contributed by atoms with Gasteiger partial charge in [-0.1, -0.05) is 18.3 Å². The van der Waals surface area contributed by atoms with Crippen LogP contribution in [0, 0.1) is 12.8 Å². The number of carbonyl (C=O) groups is 1. The summed E-state index contributed by atoms with van der Waals surface area (Å²) in [7, 11) is 0. The van der Waals surface area contributed by atoms with Crippen molar-refractivity contribution in [2.24, 2.45) is 5.92 Å². The third kappa shape index (κ3) is 2.19. The summed E-state index contributed by atoms with van der Waals surface area (Å²) in [6, 6.07) is 0. The molecule has 1 atom stereocenters. The molecule has 2 heterocycles.